The van der Waals surface area contributed by atoms with Crippen molar-refractivity contribution >= 4 is 10.0 Å². The highest BCUT2D eigenvalue weighted by Gasteiger charge is 2.32. The summed E-state index contributed by atoms with van der Waals surface area (Å²) in [6.45, 7) is 2.71. The van der Waals surface area contributed by atoms with E-state index >= 15 is 0 Å². The summed E-state index contributed by atoms with van der Waals surface area (Å²) in [5, 5.41) is 3.16. The summed E-state index contributed by atoms with van der Waals surface area (Å²) < 4.78 is 53.0. The van der Waals surface area contributed by atoms with Gasteiger partial charge in [-0.2, -0.15) is 4.31 Å². The number of rotatable bonds is 4. The van der Waals surface area contributed by atoms with E-state index in [1.165, 1.54) is 4.31 Å². The van der Waals surface area contributed by atoms with Crippen LogP contribution in [0, 0.1) is 17.6 Å². The standard InChI is InChI=1S/C14H20F2N2O2S/c1-10(17-2)11-5-7-18(8-6-11)21(19,20)14-9-12(15)3-4-13(14)16/h3-4,9-11,17H,5-8H2,1-2H3. The lowest BCUT2D eigenvalue weighted by Crippen LogP contribution is -2.43. The molecule has 1 aromatic rings. The Morgan fingerprint density at radius 1 is 1.29 bits per heavy atom. The first-order valence-electron chi connectivity index (χ1n) is 6.98. The lowest BCUT2D eigenvalue weighted by atomic mass is 9.91. The number of halogens is 2. The molecule has 1 fully saturated rings. The van der Waals surface area contributed by atoms with E-state index in [2.05, 4.69) is 12.2 Å². The normalized spacial score (nSPS) is 19.6. The van der Waals surface area contributed by atoms with Crippen molar-refractivity contribution in [1.29, 1.82) is 0 Å². The largest absolute Gasteiger partial charge is 0.317 e. The molecular weight excluding hydrogens is 298 g/mol. The SMILES string of the molecule is CNC(C)C1CCN(S(=O)(=O)c2cc(F)ccc2F)CC1. The number of hydrogen-bond acceptors (Lipinski definition) is 3. The molecule has 1 aliphatic rings. The van der Waals surface area contributed by atoms with E-state index < -0.39 is 26.6 Å². The Kier molecular flexibility index (Phi) is 4.95. The molecule has 0 bridgehead atoms. The molecule has 0 amide bonds. The third-order valence-electron chi connectivity index (χ3n) is 4.17. The van der Waals surface area contributed by atoms with Gasteiger partial charge in [-0.3, -0.25) is 0 Å². The fourth-order valence-electron chi connectivity index (χ4n) is 2.67. The van der Waals surface area contributed by atoms with Crippen molar-refractivity contribution in [2.75, 3.05) is 20.1 Å². The lowest BCUT2D eigenvalue weighted by Gasteiger charge is -2.34. The van der Waals surface area contributed by atoms with Crippen LogP contribution >= 0.6 is 0 Å². The molecule has 0 aromatic heterocycles. The van der Waals surface area contributed by atoms with Gasteiger partial charge < -0.3 is 5.32 Å². The van der Waals surface area contributed by atoms with Crippen LogP contribution in [0.25, 0.3) is 0 Å². The van der Waals surface area contributed by atoms with Gasteiger partial charge in [0.15, 0.2) is 0 Å². The Balaban J connectivity index is 2.17. The zero-order valence-electron chi connectivity index (χ0n) is 12.1. The van der Waals surface area contributed by atoms with Gasteiger partial charge in [-0.1, -0.05) is 0 Å². The number of hydrogen-bond donors (Lipinski definition) is 1. The molecule has 0 aliphatic carbocycles. The van der Waals surface area contributed by atoms with E-state index in [1.807, 2.05) is 7.05 Å². The number of nitrogens with one attached hydrogen (secondary N) is 1. The smallest absolute Gasteiger partial charge is 0.246 e. The highest BCUT2D eigenvalue weighted by atomic mass is 32.2. The van der Waals surface area contributed by atoms with E-state index in [0.717, 1.165) is 18.2 Å². The predicted octanol–water partition coefficient (Wildman–Crippen LogP) is 1.97. The lowest BCUT2D eigenvalue weighted by molar-refractivity contribution is 0.236. The minimum Gasteiger partial charge on any atom is -0.317 e. The second-order valence-electron chi connectivity index (χ2n) is 5.39. The molecule has 1 aliphatic heterocycles. The minimum absolute atomic E-state index is 0.306. The molecule has 1 unspecified atom stereocenters. The Labute approximate surface area is 124 Å². The molecular formula is C14H20F2N2O2S. The van der Waals surface area contributed by atoms with Crippen LogP contribution in [0.4, 0.5) is 8.78 Å². The first kappa shape index (κ1) is 16.3. The number of piperidine rings is 1. The quantitative estimate of drug-likeness (QED) is 0.923. The van der Waals surface area contributed by atoms with Gasteiger partial charge in [0.1, 0.15) is 16.5 Å². The summed E-state index contributed by atoms with van der Waals surface area (Å²) in [5.41, 5.74) is 0. The summed E-state index contributed by atoms with van der Waals surface area (Å²) in [5.74, 6) is -1.28. The first-order valence-corrected chi connectivity index (χ1v) is 8.42. The summed E-state index contributed by atoms with van der Waals surface area (Å²) in [7, 11) is -2.10. The van der Waals surface area contributed by atoms with Gasteiger partial charge in [0.05, 0.1) is 0 Å². The van der Waals surface area contributed by atoms with Crippen molar-refractivity contribution in [3.63, 3.8) is 0 Å². The summed E-state index contributed by atoms with van der Waals surface area (Å²) in [6.07, 6.45) is 1.41. The van der Waals surface area contributed by atoms with Crippen LogP contribution < -0.4 is 5.32 Å². The average molecular weight is 318 g/mol. The van der Waals surface area contributed by atoms with Crippen molar-refractivity contribution < 1.29 is 17.2 Å². The maximum Gasteiger partial charge on any atom is 0.246 e. The first-order chi connectivity index (χ1) is 9.86. The van der Waals surface area contributed by atoms with Gasteiger partial charge in [-0.05, 0) is 50.9 Å². The molecule has 0 spiro atoms. The van der Waals surface area contributed by atoms with Gasteiger partial charge in [0.25, 0.3) is 0 Å². The Bertz CT molecular complexity index is 599. The average Bonchev–Trinajstić information content (AvgIpc) is 2.49. The third kappa shape index (κ3) is 3.41. The molecule has 4 nitrogen and oxygen atoms in total. The van der Waals surface area contributed by atoms with Gasteiger partial charge in [-0.25, -0.2) is 17.2 Å². The minimum atomic E-state index is -3.97. The number of benzene rings is 1. The molecule has 1 saturated heterocycles. The molecule has 1 aromatic carbocycles. The molecule has 1 N–H and O–H groups in total. The van der Waals surface area contributed by atoms with Crippen LogP contribution in [0.5, 0.6) is 0 Å². The number of nitrogens with zero attached hydrogens (tertiary/aromatic N) is 1. The van der Waals surface area contributed by atoms with E-state index in [0.29, 0.717) is 37.9 Å². The summed E-state index contributed by atoms with van der Waals surface area (Å²) >= 11 is 0. The molecule has 0 saturated carbocycles. The fourth-order valence-corrected chi connectivity index (χ4v) is 4.21. The highest BCUT2D eigenvalue weighted by molar-refractivity contribution is 7.89. The summed E-state index contributed by atoms with van der Waals surface area (Å²) in [6, 6.07) is 2.81. The van der Waals surface area contributed by atoms with Crippen LogP contribution in [-0.2, 0) is 10.0 Å². The maximum absolute atomic E-state index is 13.7. The topological polar surface area (TPSA) is 49.4 Å². The second kappa shape index (κ2) is 6.37. The zero-order valence-corrected chi connectivity index (χ0v) is 13.0. The van der Waals surface area contributed by atoms with Gasteiger partial charge in [0.2, 0.25) is 10.0 Å². The predicted molar refractivity (Wildman–Crippen MR) is 76.4 cm³/mol. The molecule has 1 atom stereocenters. The third-order valence-corrected chi connectivity index (χ3v) is 6.09. The van der Waals surface area contributed by atoms with Crippen molar-refractivity contribution in [3.8, 4) is 0 Å². The van der Waals surface area contributed by atoms with E-state index in [-0.39, 0.29) is 0 Å². The van der Waals surface area contributed by atoms with Crippen molar-refractivity contribution in [2.45, 2.75) is 30.7 Å². The van der Waals surface area contributed by atoms with Crippen LogP contribution in [0.15, 0.2) is 23.1 Å². The fraction of sp³-hybridized carbons (Fsp3) is 0.571. The van der Waals surface area contributed by atoms with E-state index in [9.17, 15) is 17.2 Å². The van der Waals surface area contributed by atoms with Crippen LogP contribution in [0.3, 0.4) is 0 Å². The monoisotopic (exact) mass is 318 g/mol. The molecule has 21 heavy (non-hydrogen) atoms. The van der Waals surface area contributed by atoms with Crippen molar-refractivity contribution in [2.24, 2.45) is 5.92 Å². The maximum atomic E-state index is 13.7. The van der Waals surface area contributed by atoms with Crippen molar-refractivity contribution in [3.05, 3.63) is 29.8 Å². The van der Waals surface area contributed by atoms with E-state index in [1.54, 1.807) is 0 Å². The van der Waals surface area contributed by atoms with Crippen LogP contribution in [0.1, 0.15) is 19.8 Å². The second-order valence-corrected chi connectivity index (χ2v) is 7.30. The summed E-state index contributed by atoms with van der Waals surface area (Å²) in [4.78, 5) is -0.581. The molecule has 0 radical (unpaired) electrons. The van der Waals surface area contributed by atoms with E-state index in [4.69, 9.17) is 0 Å². The Morgan fingerprint density at radius 3 is 2.48 bits per heavy atom. The van der Waals surface area contributed by atoms with Gasteiger partial charge in [0, 0.05) is 19.1 Å². The number of sulfonamides is 1. The van der Waals surface area contributed by atoms with Crippen LogP contribution in [0.2, 0.25) is 0 Å². The van der Waals surface area contributed by atoms with Gasteiger partial charge >= 0.3 is 0 Å². The molecule has 118 valence electrons. The molecule has 1 heterocycles. The van der Waals surface area contributed by atoms with Gasteiger partial charge in [-0.15, -0.1) is 0 Å². The Hall–Kier alpha value is -1.05. The van der Waals surface area contributed by atoms with Crippen molar-refractivity contribution in [1.82, 2.24) is 9.62 Å². The zero-order chi connectivity index (χ0) is 15.6. The molecule has 2 rings (SSSR count). The Morgan fingerprint density at radius 2 is 1.90 bits per heavy atom. The highest BCUT2D eigenvalue weighted by Crippen LogP contribution is 2.27. The molecule has 7 heteroatoms. The van der Waals surface area contributed by atoms with Crippen LogP contribution in [-0.4, -0.2) is 38.9 Å².